The molecule has 2 unspecified atom stereocenters. The van der Waals surface area contributed by atoms with E-state index >= 15 is 0 Å². The third-order valence-electron chi connectivity index (χ3n) is 3.67. The van der Waals surface area contributed by atoms with Crippen molar-refractivity contribution in [2.75, 3.05) is 13.2 Å². The summed E-state index contributed by atoms with van der Waals surface area (Å²) in [6.45, 7) is 8.30. The van der Waals surface area contributed by atoms with E-state index in [2.05, 4.69) is 0 Å². The van der Waals surface area contributed by atoms with E-state index < -0.39 is 5.41 Å². The number of carbonyl (C=O) groups excluding carboxylic acids is 2. The van der Waals surface area contributed by atoms with Gasteiger partial charge in [0.05, 0.1) is 18.6 Å². The second-order valence-corrected chi connectivity index (χ2v) is 5.57. The molecule has 4 heteroatoms. The molecule has 1 aliphatic heterocycles. The molecule has 0 bridgehead atoms. The van der Waals surface area contributed by atoms with Gasteiger partial charge in [0.15, 0.2) is 0 Å². The second kappa shape index (κ2) is 5.07. The standard InChI is InChI=1S/C13H22O4/c1-5-12(3,9-17-10(2)14)8-13(4)6-7-16-11(13)15/h5-9H2,1-4H3. The SMILES string of the molecule is CCC(C)(COC(C)=O)CC1(C)CCOC1=O. The van der Waals surface area contributed by atoms with Gasteiger partial charge in [-0.25, -0.2) is 0 Å². The van der Waals surface area contributed by atoms with Crippen LogP contribution in [0.15, 0.2) is 0 Å². The first-order valence-electron chi connectivity index (χ1n) is 6.12. The Morgan fingerprint density at radius 3 is 2.65 bits per heavy atom. The summed E-state index contributed by atoms with van der Waals surface area (Å²) in [4.78, 5) is 22.6. The predicted octanol–water partition coefficient (Wildman–Crippen LogP) is 2.31. The van der Waals surface area contributed by atoms with Gasteiger partial charge in [-0.1, -0.05) is 13.8 Å². The normalized spacial score (nSPS) is 27.4. The van der Waals surface area contributed by atoms with Crippen LogP contribution in [0, 0.1) is 10.8 Å². The van der Waals surface area contributed by atoms with E-state index in [0.717, 1.165) is 12.8 Å². The molecule has 0 spiro atoms. The first kappa shape index (κ1) is 14.0. The Morgan fingerprint density at radius 1 is 1.59 bits per heavy atom. The molecule has 0 aromatic carbocycles. The van der Waals surface area contributed by atoms with Crippen molar-refractivity contribution in [1.29, 1.82) is 0 Å². The van der Waals surface area contributed by atoms with E-state index in [1.807, 2.05) is 20.8 Å². The quantitative estimate of drug-likeness (QED) is 0.694. The lowest BCUT2D eigenvalue weighted by molar-refractivity contribution is -0.149. The molecular formula is C13H22O4. The van der Waals surface area contributed by atoms with Crippen LogP contribution in [0.5, 0.6) is 0 Å². The van der Waals surface area contributed by atoms with Crippen LogP contribution >= 0.6 is 0 Å². The zero-order chi connectivity index (χ0) is 13.1. The Balaban J connectivity index is 2.67. The van der Waals surface area contributed by atoms with Crippen LogP contribution in [-0.2, 0) is 19.1 Å². The van der Waals surface area contributed by atoms with Crippen molar-refractivity contribution in [1.82, 2.24) is 0 Å². The van der Waals surface area contributed by atoms with Crippen LogP contribution in [0.3, 0.4) is 0 Å². The van der Waals surface area contributed by atoms with Gasteiger partial charge in [0.1, 0.15) is 0 Å². The number of carbonyl (C=O) groups is 2. The number of esters is 2. The van der Waals surface area contributed by atoms with Crippen LogP contribution in [0.2, 0.25) is 0 Å². The van der Waals surface area contributed by atoms with Crippen LogP contribution in [0.1, 0.15) is 47.0 Å². The molecule has 0 amide bonds. The lowest BCUT2D eigenvalue weighted by Crippen LogP contribution is -2.34. The summed E-state index contributed by atoms with van der Waals surface area (Å²) in [5.41, 5.74) is -0.589. The number of cyclic esters (lactones) is 1. The number of hydrogen-bond acceptors (Lipinski definition) is 4. The van der Waals surface area contributed by atoms with Crippen molar-refractivity contribution in [3.63, 3.8) is 0 Å². The van der Waals surface area contributed by atoms with E-state index in [-0.39, 0.29) is 17.4 Å². The molecule has 0 saturated carbocycles. The van der Waals surface area contributed by atoms with E-state index in [1.165, 1.54) is 6.92 Å². The van der Waals surface area contributed by atoms with Gasteiger partial charge < -0.3 is 9.47 Å². The first-order valence-corrected chi connectivity index (χ1v) is 6.12. The van der Waals surface area contributed by atoms with Gasteiger partial charge in [-0.15, -0.1) is 0 Å². The largest absolute Gasteiger partial charge is 0.465 e. The Bertz CT molecular complexity index is 313. The molecule has 4 nitrogen and oxygen atoms in total. The summed E-state index contributed by atoms with van der Waals surface area (Å²) >= 11 is 0. The minimum absolute atomic E-state index is 0.125. The van der Waals surface area contributed by atoms with Gasteiger partial charge in [-0.05, 0) is 26.2 Å². The molecule has 0 aliphatic carbocycles. The Hall–Kier alpha value is -1.06. The maximum atomic E-state index is 11.7. The summed E-state index contributed by atoms with van der Waals surface area (Å²) < 4.78 is 10.1. The molecule has 1 saturated heterocycles. The lowest BCUT2D eigenvalue weighted by Gasteiger charge is -2.33. The van der Waals surface area contributed by atoms with Gasteiger partial charge in [0.2, 0.25) is 0 Å². The molecule has 98 valence electrons. The van der Waals surface area contributed by atoms with Gasteiger partial charge >= 0.3 is 11.9 Å². The van der Waals surface area contributed by atoms with Crippen molar-refractivity contribution in [3.05, 3.63) is 0 Å². The van der Waals surface area contributed by atoms with Gasteiger partial charge in [0, 0.05) is 12.3 Å². The molecule has 1 fully saturated rings. The molecule has 2 atom stereocenters. The zero-order valence-corrected chi connectivity index (χ0v) is 11.2. The highest BCUT2D eigenvalue weighted by atomic mass is 16.5. The third-order valence-corrected chi connectivity index (χ3v) is 3.67. The fourth-order valence-corrected chi connectivity index (χ4v) is 2.30. The molecular weight excluding hydrogens is 220 g/mol. The summed E-state index contributed by atoms with van der Waals surface area (Å²) in [6.07, 6.45) is 2.31. The smallest absolute Gasteiger partial charge is 0.311 e. The first-order chi connectivity index (χ1) is 7.81. The Morgan fingerprint density at radius 2 is 2.24 bits per heavy atom. The van der Waals surface area contributed by atoms with Gasteiger partial charge in [-0.3, -0.25) is 9.59 Å². The van der Waals surface area contributed by atoms with E-state index in [0.29, 0.717) is 19.6 Å². The van der Waals surface area contributed by atoms with Crippen LogP contribution in [-0.4, -0.2) is 25.2 Å². The summed E-state index contributed by atoms with van der Waals surface area (Å²) in [5.74, 6) is -0.399. The van der Waals surface area contributed by atoms with Crippen molar-refractivity contribution in [3.8, 4) is 0 Å². The minimum Gasteiger partial charge on any atom is -0.465 e. The number of rotatable bonds is 5. The predicted molar refractivity (Wildman–Crippen MR) is 63.3 cm³/mol. The summed E-state index contributed by atoms with van der Waals surface area (Å²) in [6, 6.07) is 0. The summed E-state index contributed by atoms with van der Waals surface area (Å²) in [5, 5.41) is 0. The Labute approximate surface area is 103 Å². The molecule has 0 N–H and O–H groups in total. The molecule has 1 heterocycles. The third kappa shape index (κ3) is 3.45. The second-order valence-electron chi connectivity index (χ2n) is 5.57. The van der Waals surface area contributed by atoms with Crippen molar-refractivity contribution in [2.24, 2.45) is 10.8 Å². The van der Waals surface area contributed by atoms with Crippen LogP contribution in [0.25, 0.3) is 0 Å². The molecule has 1 aliphatic rings. The van der Waals surface area contributed by atoms with E-state index in [1.54, 1.807) is 0 Å². The van der Waals surface area contributed by atoms with Crippen LogP contribution in [0.4, 0.5) is 0 Å². The highest BCUT2D eigenvalue weighted by Gasteiger charge is 2.45. The maximum Gasteiger partial charge on any atom is 0.311 e. The average Bonchev–Trinajstić information content (AvgIpc) is 2.56. The number of hydrogen-bond donors (Lipinski definition) is 0. The van der Waals surface area contributed by atoms with E-state index in [9.17, 15) is 9.59 Å². The van der Waals surface area contributed by atoms with Gasteiger partial charge in [0.25, 0.3) is 0 Å². The summed E-state index contributed by atoms with van der Waals surface area (Å²) in [7, 11) is 0. The maximum absolute atomic E-state index is 11.7. The molecule has 0 aromatic heterocycles. The lowest BCUT2D eigenvalue weighted by atomic mass is 9.71. The minimum atomic E-state index is -0.426. The molecule has 17 heavy (non-hydrogen) atoms. The van der Waals surface area contributed by atoms with Crippen LogP contribution < -0.4 is 0 Å². The number of ether oxygens (including phenoxy) is 2. The zero-order valence-electron chi connectivity index (χ0n) is 11.2. The van der Waals surface area contributed by atoms with Gasteiger partial charge in [-0.2, -0.15) is 0 Å². The van der Waals surface area contributed by atoms with Crippen molar-refractivity contribution < 1.29 is 19.1 Å². The molecule has 1 rings (SSSR count). The Kier molecular flexibility index (Phi) is 4.17. The average molecular weight is 242 g/mol. The van der Waals surface area contributed by atoms with Crippen molar-refractivity contribution in [2.45, 2.75) is 47.0 Å². The van der Waals surface area contributed by atoms with E-state index in [4.69, 9.17) is 9.47 Å². The molecule has 0 radical (unpaired) electrons. The molecule has 0 aromatic rings. The fourth-order valence-electron chi connectivity index (χ4n) is 2.30. The topological polar surface area (TPSA) is 52.6 Å². The fraction of sp³-hybridized carbons (Fsp3) is 0.846. The monoisotopic (exact) mass is 242 g/mol. The highest BCUT2D eigenvalue weighted by molar-refractivity contribution is 5.78. The highest BCUT2D eigenvalue weighted by Crippen LogP contribution is 2.42. The van der Waals surface area contributed by atoms with Crippen molar-refractivity contribution >= 4 is 11.9 Å².